The first-order valence-corrected chi connectivity index (χ1v) is 5.97. The van der Waals surface area contributed by atoms with Crippen molar-refractivity contribution < 1.29 is 4.79 Å². The number of amides is 1. The summed E-state index contributed by atoms with van der Waals surface area (Å²) in [5.74, 6) is 0.685. The Kier molecular flexibility index (Phi) is 4.75. The van der Waals surface area contributed by atoms with E-state index in [1.807, 2.05) is 11.8 Å². The molecule has 0 aromatic heterocycles. The van der Waals surface area contributed by atoms with Gasteiger partial charge in [-0.3, -0.25) is 4.79 Å². The van der Waals surface area contributed by atoms with Crippen LogP contribution in [0.5, 0.6) is 0 Å². The molecule has 16 heavy (non-hydrogen) atoms. The molecule has 1 rings (SSSR count). The van der Waals surface area contributed by atoms with Crippen molar-refractivity contribution in [3.63, 3.8) is 0 Å². The Hall–Kier alpha value is -1.08. The lowest BCUT2D eigenvalue weighted by molar-refractivity contribution is -0.138. The Bertz CT molecular complexity index is 282. The van der Waals surface area contributed by atoms with Crippen LogP contribution in [0.3, 0.4) is 0 Å². The zero-order chi connectivity index (χ0) is 12.1. The van der Waals surface area contributed by atoms with Gasteiger partial charge < -0.3 is 10.2 Å². The van der Waals surface area contributed by atoms with Gasteiger partial charge in [-0.05, 0) is 19.3 Å². The number of piperazine rings is 1. The van der Waals surface area contributed by atoms with E-state index in [9.17, 15) is 4.79 Å². The van der Waals surface area contributed by atoms with Gasteiger partial charge in [0, 0.05) is 19.1 Å². The highest BCUT2D eigenvalue weighted by Crippen LogP contribution is 2.13. The summed E-state index contributed by atoms with van der Waals surface area (Å²) in [4.78, 5) is 14.0. The largest absolute Gasteiger partial charge is 0.337 e. The number of nitrogens with one attached hydrogen (secondary N) is 1. The summed E-state index contributed by atoms with van der Waals surface area (Å²) < 4.78 is 0. The second-order valence-electron chi connectivity index (χ2n) is 4.89. The van der Waals surface area contributed by atoms with Crippen molar-refractivity contribution in [2.75, 3.05) is 13.1 Å². The summed E-state index contributed by atoms with van der Waals surface area (Å²) in [5, 5.41) is 11.8. The van der Waals surface area contributed by atoms with Gasteiger partial charge in [0.15, 0.2) is 0 Å². The molecule has 0 aliphatic carbocycles. The van der Waals surface area contributed by atoms with Gasteiger partial charge in [-0.15, -0.1) is 0 Å². The first-order chi connectivity index (χ1) is 7.56. The van der Waals surface area contributed by atoms with Crippen molar-refractivity contribution in [2.24, 2.45) is 5.92 Å². The lowest BCUT2D eigenvalue weighted by atomic mass is 10.0. The second-order valence-corrected chi connectivity index (χ2v) is 4.89. The van der Waals surface area contributed by atoms with Gasteiger partial charge in [0.05, 0.1) is 12.5 Å². The van der Waals surface area contributed by atoms with Crippen molar-refractivity contribution in [1.82, 2.24) is 10.2 Å². The number of nitriles is 1. The zero-order valence-corrected chi connectivity index (χ0v) is 10.4. The third-order valence-corrected chi connectivity index (χ3v) is 3.02. The molecule has 1 heterocycles. The molecule has 1 N–H and O–H groups in total. The molecule has 0 aromatic carbocycles. The molecule has 1 aliphatic rings. The summed E-state index contributed by atoms with van der Waals surface area (Å²) >= 11 is 0. The van der Waals surface area contributed by atoms with E-state index in [4.69, 9.17) is 5.26 Å². The summed E-state index contributed by atoms with van der Waals surface area (Å²) in [7, 11) is 0. The van der Waals surface area contributed by atoms with Crippen molar-refractivity contribution in [2.45, 2.75) is 45.7 Å². The Morgan fingerprint density at radius 2 is 2.31 bits per heavy atom. The van der Waals surface area contributed by atoms with Crippen molar-refractivity contribution in [3.05, 3.63) is 0 Å². The average Bonchev–Trinajstić information content (AvgIpc) is 2.22. The molecule has 2 unspecified atom stereocenters. The Morgan fingerprint density at radius 3 is 2.88 bits per heavy atom. The average molecular weight is 223 g/mol. The molecule has 4 nitrogen and oxygen atoms in total. The lowest BCUT2D eigenvalue weighted by Gasteiger charge is -2.38. The number of rotatable bonds is 4. The third-order valence-electron chi connectivity index (χ3n) is 3.02. The summed E-state index contributed by atoms with van der Waals surface area (Å²) in [6.07, 6.45) is 1.29. The van der Waals surface area contributed by atoms with Crippen LogP contribution >= 0.6 is 0 Å². The molecular weight excluding hydrogens is 202 g/mol. The molecule has 1 aliphatic heterocycles. The van der Waals surface area contributed by atoms with Crippen molar-refractivity contribution in [1.29, 1.82) is 5.26 Å². The minimum absolute atomic E-state index is 0.0842. The molecule has 1 amide bonds. The summed E-state index contributed by atoms with van der Waals surface area (Å²) in [5.41, 5.74) is 0. The predicted octanol–water partition coefficient (Wildman–Crippen LogP) is 1.14. The second kappa shape index (κ2) is 5.86. The molecule has 0 radical (unpaired) electrons. The third kappa shape index (κ3) is 3.21. The predicted molar refractivity (Wildman–Crippen MR) is 62.7 cm³/mol. The van der Waals surface area contributed by atoms with Gasteiger partial charge in [-0.1, -0.05) is 13.8 Å². The lowest BCUT2D eigenvalue weighted by Crippen LogP contribution is -2.59. The van der Waals surface area contributed by atoms with E-state index < -0.39 is 0 Å². The van der Waals surface area contributed by atoms with Crippen LogP contribution in [0, 0.1) is 17.2 Å². The van der Waals surface area contributed by atoms with Crippen LogP contribution in [-0.2, 0) is 4.79 Å². The van der Waals surface area contributed by atoms with Crippen LogP contribution < -0.4 is 5.32 Å². The fourth-order valence-electron chi connectivity index (χ4n) is 1.91. The first-order valence-electron chi connectivity index (χ1n) is 5.97. The highest BCUT2D eigenvalue weighted by atomic mass is 16.2. The van der Waals surface area contributed by atoms with Gasteiger partial charge in [-0.2, -0.15) is 5.26 Å². The van der Waals surface area contributed by atoms with E-state index in [0.29, 0.717) is 5.92 Å². The van der Waals surface area contributed by atoms with E-state index in [1.165, 1.54) is 0 Å². The van der Waals surface area contributed by atoms with E-state index in [2.05, 4.69) is 25.2 Å². The van der Waals surface area contributed by atoms with Gasteiger partial charge in [-0.25, -0.2) is 0 Å². The number of carbonyl (C=O) groups excluding carboxylic acids is 1. The van der Waals surface area contributed by atoms with Gasteiger partial charge in [0.1, 0.15) is 6.04 Å². The van der Waals surface area contributed by atoms with E-state index >= 15 is 0 Å². The smallest absolute Gasteiger partial charge is 0.241 e. The van der Waals surface area contributed by atoms with Gasteiger partial charge >= 0.3 is 0 Å². The van der Waals surface area contributed by atoms with E-state index in [1.54, 1.807) is 0 Å². The Labute approximate surface area is 97.6 Å². The molecule has 0 spiro atoms. The van der Waals surface area contributed by atoms with Crippen LogP contribution in [0.25, 0.3) is 0 Å². The van der Waals surface area contributed by atoms with Crippen molar-refractivity contribution in [3.8, 4) is 6.07 Å². The monoisotopic (exact) mass is 223 g/mol. The molecule has 1 saturated heterocycles. The minimum Gasteiger partial charge on any atom is -0.337 e. The molecule has 2 atom stereocenters. The maximum absolute atomic E-state index is 12.1. The Morgan fingerprint density at radius 1 is 1.62 bits per heavy atom. The SMILES string of the molecule is CC(C)CCN1C(=O)C(CC#N)NCC1C. The number of hydrogen-bond acceptors (Lipinski definition) is 3. The molecule has 0 aromatic rings. The van der Waals surface area contributed by atoms with Crippen LogP contribution in [-0.4, -0.2) is 36.0 Å². The Balaban J connectivity index is 2.58. The normalized spacial score (nSPS) is 25.9. The van der Waals surface area contributed by atoms with Crippen LogP contribution in [0.15, 0.2) is 0 Å². The zero-order valence-electron chi connectivity index (χ0n) is 10.4. The van der Waals surface area contributed by atoms with Crippen molar-refractivity contribution >= 4 is 5.91 Å². The highest BCUT2D eigenvalue weighted by Gasteiger charge is 2.32. The molecule has 0 saturated carbocycles. The van der Waals surface area contributed by atoms with Crippen LogP contribution in [0.2, 0.25) is 0 Å². The highest BCUT2D eigenvalue weighted by molar-refractivity contribution is 5.83. The summed E-state index contributed by atoms with van der Waals surface area (Å²) in [6, 6.07) is 2.00. The number of hydrogen-bond donors (Lipinski definition) is 1. The minimum atomic E-state index is -0.298. The van der Waals surface area contributed by atoms with Crippen LogP contribution in [0.4, 0.5) is 0 Å². The molecule has 1 fully saturated rings. The molecular formula is C12H21N3O. The van der Waals surface area contributed by atoms with E-state index in [-0.39, 0.29) is 24.4 Å². The van der Waals surface area contributed by atoms with Crippen LogP contribution in [0.1, 0.15) is 33.6 Å². The number of nitrogens with zero attached hydrogens (tertiary/aromatic N) is 2. The molecule has 4 heteroatoms. The number of carbonyl (C=O) groups is 1. The van der Waals surface area contributed by atoms with Gasteiger partial charge in [0.2, 0.25) is 5.91 Å². The summed E-state index contributed by atoms with van der Waals surface area (Å²) in [6.45, 7) is 7.96. The fraction of sp³-hybridized carbons (Fsp3) is 0.833. The fourth-order valence-corrected chi connectivity index (χ4v) is 1.91. The first kappa shape index (κ1) is 13.0. The quantitative estimate of drug-likeness (QED) is 0.777. The maximum Gasteiger partial charge on any atom is 0.241 e. The topological polar surface area (TPSA) is 56.1 Å². The standard InChI is InChI=1S/C12H21N3O/c1-9(2)5-7-15-10(3)8-14-11(4-6-13)12(15)16/h9-11,14H,4-5,7-8H2,1-3H3. The maximum atomic E-state index is 12.1. The molecule has 90 valence electrons. The van der Waals surface area contributed by atoms with Gasteiger partial charge in [0.25, 0.3) is 0 Å². The molecule has 0 bridgehead atoms. The van der Waals surface area contributed by atoms with E-state index in [0.717, 1.165) is 19.5 Å².